The molecule has 1 aromatic rings. The first kappa shape index (κ1) is 21.6. The van der Waals surface area contributed by atoms with E-state index < -0.39 is 36.0 Å². The SMILES string of the molecule is COC(C)(CC(F)(F)C(F)(F)C(F)(F)C(F)(F)F)c1ccccc1C. The fourth-order valence-corrected chi connectivity index (χ4v) is 2.39. The Hall–Kier alpha value is -1.45. The van der Waals surface area contributed by atoms with E-state index in [0.29, 0.717) is 5.56 Å². The van der Waals surface area contributed by atoms with Crippen molar-refractivity contribution in [2.75, 3.05) is 7.11 Å². The van der Waals surface area contributed by atoms with Crippen molar-refractivity contribution in [3.63, 3.8) is 0 Å². The van der Waals surface area contributed by atoms with Gasteiger partial charge in [-0.2, -0.15) is 39.5 Å². The van der Waals surface area contributed by atoms with E-state index in [1.807, 2.05) is 0 Å². The number of aryl methyl sites for hydroxylation is 1. The maximum atomic E-state index is 13.9. The maximum Gasteiger partial charge on any atom is 0.460 e. The van der Waals surface area contributed by atoms with Gasteiger partial charge in [-0.15, -0.1) is 0 Å². The Morgan fingerprint density at radius 1 is 0.840 bits per heavy atom. The summed E-state index contributed by atoms with van der Waals surface area (Å²) >= 11 is 0. The fourth-order valence-electron chi connectivity index (χ4n) is 2.39. The monoisotopic (exact) mass is 382 g/mol. The fraction of sp³-hybridized carbons (Fsp3) is 0.600. The lowest BCUT2D eigenvalue weighted by atomic mass is 9.84. The molecule has 0 aliphatic carbocycles. The van der Waals surface area contributed by atoms with Gasteiger partial charge in [0, 0.05) is 7.11 Å². The predicted molar refractivity (Wildman–Crippen MR) is 71.1 cm³/mol. The molecule has 0 saturated heterocycles. The third kappa shape index (κ3) is 3.58. The van der Waals surface area contributed by atoms with E-state index in [9.17, 15) is 39.5 Å². The Morgan fingerprint density at radius 2 is 1.32 bits per heavy atom. The molecule has 10 heteroatoms. The molecule has 0 aliphatic rings. The molecule has 0 heterocycles. The zero-order valence-electron chi connectivity index (χ0n) is 13.3. The van der Waals surface area contributed by atoms with Gasteiger partial charge >= 0.3 is 23.9 Å². The summed E-state index contributed by atoms with van der Waals surface area (Å²) in [4.78, 5) is 0. The standard InChI is InChI=1S/C15H15F9O/c1-9-6-4-5-7-10(9)11(2,25-3)8-12(16,17)13(18,19)14(20,21)15(22,23)24/h4-7H,8H2,1-3H3. The number of ether oxygens (including phenoxy) is 1. The lowest BCUT2D eigenvalue weighted by Crippen LogP contribution is -2.62. The minimum Gasteiger partial charge on any atom is -0.374 e. The van der Waals surface area contributed by atoms with Crippen LogP contribution < -0.4 is 0 Å². The average Bonchev–Trinajstić information content (AvgIpc) is 2.45. The molecule has 0 spiro atoms. The van der Waals surface area contributed by atoms with E-state index in [2.05, 4.69) is 0 Å². The van der Waals surface area contributed by atoms with E-state index in [4.69, 9.17) is 4.74 Å². The van der Waals surface area contributed by atoms with Gasteiger partial charge < -0.3 is 4.74 Å². The summed E-state index contributed by atoms with van der Waals surface area (Å²) in [5.41, 5.74) is -1.95. The first-order valence-electron chi connectivity index (χ1n) is 6.85. The summed E-state index contributed by atoms with van der Waals surface area (Å²) < 4.78 is 122. The molecule has 0 amide bonds. The van der Waals surface area contributed by atoms with Crippen LogP contribution in [0.15, 0.2) is 24.3 Å². The Kier molecular flexibility index (Phi) is 5.50. The largest absolute Gasteiger partial charge is 0.460 e. The normalized spacial score (nSPS) is 16.6. The second-order valence-corrected chi connectivity index (χ2v) is 5.78. The van der Waals surface area contributed by atoms with Crippen molar-refractivity contribution in [3.8, 4) is 0 Å². The smallest absolute Gasteiger partial charge is 0.374 e. The number of methoxy groups -OCH3 is 1. The first-order chi connectivity index (χ1) is 11.0. The number of hydrogen-bond acceptors (Lipinski definition) is 1. The molecular weight excluding hydrogens is 367 g/mol. The average molecular weight is 382 g/mol. The Balaban J connectivity index is 3.36. The van der Waals surface area contributed by atoms with Gasteiger partial charge in [0.05, 0.1) is 12.0 Å². The first-order valence-corrected chi connectivity index (χ1v) is 6.85. The second kappa shape index (κ2) is 6.37. The van der Waals surface area contributed by atoms with Crippen LogP contribution in [-0.4, -0.2) is 31.1 Å². The van der Waals surface area contributed by atoms with E-state index in [1.165, 1.54) is 31.2 Å². The van der Waals surface area contributed by atoms with Crippen LogP contribution in [0, 0.1) is 6.92 Å². The van der Waals surface area contributed by atoms with Crippen molar-refractivity contribution in [2.45, 2.75) is 49.8 Å². The zero-order chi connectivity index (χ0) is 19.9. The number of alkyl halides is 9. The summed E-state index contributed by atoms with van der Waals surface area (Å²) in [7, 11) is 0.864. The van der Waals surface area contributed by atoms with Crippen molar-refractivity contribution in [1.29, 1.82) is 0 Å². The molecule has 1 aromatic carbocycles. The van der Waals surface area contributed by atoms with Crippen LogP contribution in [0.2, 0.25) is 0 Å². The van der Waals surface area contributed by atoms with Crippen molar-refractivity contribution in [3.05, 3.63) is 35.4 Å². The highest BCUT2D eigenvalue weighted by molar-refractivity contribution is 5.31. The Bertz CT molecular complexity index is 609. The van der Waals surface area contributed by atoms with E-state index in [-0.39, 0.29) is 5.56 Å². The van der Waals surface area contributed by atoms with Crippen LogP contribution in [0.3, 0.4) is 0 Å². The van der Waals surface area contributed by atoms with Gasteiger partial charge in [-0.1, -0.05) is 24.3 Å². The molecule has 144 valence electrons. The highest BCUT2D eigenvalue weighted by atomic mass is 19.4. The van der Waals surface area contributed by atoms with Gasteiger partial charge in [-0.3, -0.25) is 0 Å². The Labute approximate surface area is 137 Å². The van der Waals surface area contributed by atoms with Gasteiger partial charge in [-0.25, -0.2) is 0 Å². The topological polar surface area (TPSA) is 9.23 Å². The molecule has 0 radical (unpaired) electrons. The number of rotatable bonds is 6. The minimum atomic E-state index is -6.91. The van der Waals surface area contributed by atoms with Gasteiger partial charge in [-0.05, 0) is 25.0 Å². The Morgan fingerprint density at radius 3 is 1.72 bits per heavy atom. The summed E-state index contributed by atoms with van der Waals surface area (Å²) in [6.07, 6.45) is -8.92. The summed E-state index contributed by atoms with van der Waals surface area (Å²) in [6, 6.07) is 5.52. The van der Waals surface area contributed by atoms with Crippen LogP contribution in [0.1, 0.15) is 24.5 Å². The van der Waals surface area contributed by atoms with E-state index in [1.54, 1.807) is 0 Å². The molecule has 1 unspecified atom stereocenters. The highest BCUT2D eigenvalue weighted by Crippen LogP contribution is 2.56. The van der Waals surface area contributed by atoms with Gasteiger partial charge in [0.1, 0.15) is 0 Å². The molecule has 0 N–H and O–H groups in total. The second-order valence-electron chi connectivity index (χ2n) is 5.78. The lowest BCUT2D eigenvalue weighted by molar-refractivity contribution is -0.400. The quantitative estimate of drug-likeness (QED) is 0.573. The van der Waals surface area contributed by atoms with Crippen LogP contribution in [0.4, 0.5) is 39.5 Å². The molecule has 0 aliphatic heterocycles. The molecular formula is C15H15F9O. The van der Waals surface area contributed by atoms with Crippen molar-refractivity contribution < 1.29 is 44.3 Å². The lowest BCUT2D eigenvalue weighted by Gasteiger charge is -2.39. The molecule has 0 saturated carbocycles. The van der Waals surface area contributed by atoms with Crippen LogP contribution in [0.5, 0.6) is 0 Å². The third-order valence-corrected chi connectivity index (χ3v) is 3.93. The van der Waals surface area contributed by atoms with Gasteiger partial charge in [0.15, 0.2) is 0 Å². The zero-order valence-corrected chi connectivity index (χ0v) is 13.3. The molecule has 0 fully saturated rings. The molecule has 0 aromatic heterocycles. The minimum absolute atomic E-state index is 0.0386. The van der Waals surface area contributed by atoms with Crippen LogP contribution >= 0.6 is 0 Å². The van der Waals surface area contributed by atoms with Crippen molar-refractivity contribution >= 4 is 0 Å². The van der Waals surface area contributed by atoms with Gasteiger partial charge in [0.2, 0.25) is 0 Å². The van der Waals surface area contributed by atoms with Crippen LogP contribution in [-0.2, 0) is 10.3 Å². The predicted octanol–water partition coefficient (Wildman–Crippen LogP) is 5.71. The third-order valence-electron chi connectivity index (χ3n) is 3.93. The van der Waals surface area contributed by atoms with Crippen molar-refractivity contribution in [1.82, 2.24) is 0 Å². The number of benzene rings is 1. The number of hydrogen-bond donors (Lipinski definition) is 0. The summed E-state index contributed by atoms with van der Waals surface area (Å²) in [5.74, 6) is -19.3. The molecule has 1 nitrogen and oxygen atoms in total. The molecule has 1 atom stereocenters. The van der Waals surface area contributed by atoms with E-state index >= 15 is 0 Å². The molecule has 1 rings (SSSR count). The van der Waals surface area contributed by atoms with Crippen LogP contribution in [0.25, 0.3) is 0 Å². The van der Waals surface area contributed by atoms with E-state index in [0.717, 1.165) is 14.0 Å². The highest BCUT2D eigenvalue weighted by Gasteiger charge is 2.82. The summed E-state index contributed by atoms with van der Waals surface area (Å²) in [6.45, 7) is 2.33. The van der Waals surface area contributed by atoms with Crippen molar-refractivity contribution in [2.24, 2.45) is 0 Å². The maximum absolute atomic E-state index is 13.9. The van der Waals surface area contributed by atoms with Gasteiger partial charge in [0.25, 0.3) is 0 Å². The summed E-state index contributed by atoms with van der Waals surface area (Å²) in [5, 5.41) is 0. The molecule has 0 bridgehead atoms. The molecule has 25 heavy (non-hydrogen) atoms. The number of halogens is 9.